The minimum atomic E-state index is -0.120. The van der Waals surface area contributed by atoms with Gasteiger partial charge in [0.25, 0.3) is 0 Å². The second-order valence-corrected chi connectivity index (χ2v) is 7.83. The Kier molecular flexibility index (Phi) is 8.73. The summed E-state index contributed by atoms with van der Waals surface area (Å²) in [5.41, 5.74) is 9.02. The molecule has 0 spiro atoms. The van der Waals surface area contributed by atoms with Crippen LogP contribution in [0, 0.1) is 18.2 Å². The van der Waals surface area contributed by atoms with Gasteiger partial charge in [-0.15, -0.1) is 5.73 Å². The molecule has 1 rings (SSSR count). The lowest BCUT2D eigenvalue weighted by Crippen LogP contribution is -2.22. The maximum atomic E-state index is 14.3. The summed E-state index contributed by atoms with van der Waals surface area (Å²) in [6.45, 7) is 22.6. The van der Waals surface area contributed by atoms with Crippen LogP contribution in [-0.4, -0.2) is 0 Å². The molecule has 1 aromatic rings. The summed E-state index contributed by atoms with van der Waals surface area (Å²) >= 11 is 0. The highest BCUT2D eigenvalue weighted by Crippen LogP contribution is 2.42. The van der Waals surface area contributed by atoms with Gasteiger partial charge < -0.3 is 0 Å². The zero-order valence-electron chi connectivity index (χ0n) is 17.8. The molecule has 0 bridgehead atoms. The number of rotatable bonds is 10. The van der Waals surface area contributed by atoms with Crippen LogP contribution in [0.4, 0.5) is 4.39 Å². The van der Waals surface area contributed by atoms with Crippen molar-refractivity contribution in [3.63, 3.8) is 0 Å². The standard InChI is InChI=1S/C26H35F/c1-9-12-16-26(8,17-15-22-18-20(6)13-14-24(22)27)23(11-3)25(19(4)5)21(7)10-2/h11,13-14,18H,2-4,9,12,15-17H2,1,5-8H3/b25-23+. The fourth-order valence-electron chi connectivity index (χ4n) is 3.76. The van der Waals surface area contributed by atoms with Crippen molar-refractivity contribution >= 4 is 0 Å². The maximum Gasteiger partial charge on any atom is 0.126 e. The lowest BCUT2D eigenvalue weighted by atomic mass is 9.70. The first kappa shape index (κ1) is 22.9. The van der Waals surface area contributed by atoms with Gasteiger partial charge in [0, 0.05) is 0 Å². The number of benzene rings is 1. The Hall–Kier alpha value is -2.11. The number of allylic oxidation sites excluding steroid dienone is 5. The minimum Gasteiger partial charge on any atom is -0.207 e. The van der Waals surface area contributed by atoms with E-state index >= 15 is 0 Å². The molecule has 0 aromatic heterocycles. The fourth-order valence-corrected chi connectivity index (χ4v) is 3.76. The van der Waals surface area contributed by atoms with Crippen LogP contribution >= 0.6 is 0 Å². The molecule has 0 saturated carbocycles. The van der Waals surface area contributed by atoms with E-state index in [9.17, 15) is 4.39 Å². The Morgan fingerprint density at radius 3 is 2.44 bits per heavy atom. The van der Waals surface area contributed by atoms with E-state index in [2.05, 4.69) is 39.3 Å². The third-order valence-corrected chi connectivity index (χ3v) is 5.42. The van der Waals surface area contributed by atoms with Crippen molar-refractivity contribution in [2.45, 2.75) is 66.7 Å². The second kappa shape index (κ2) is 10.3. The SMILES string of the molecule is C=C=C(C)/C(C(=C)C)=C(\C=C)C(C)(CCCC)CCc1cc(C)ccc1F. The molecule has 0 aliphatic carbocycles. The fraction of sp³-hybridized carbons (Fsp3) is 0.423. The summed E-state index contributed by atoms with van der Waals surface area (Å²) in [6, 6.07) is 5.35. The zero-order valence-corrected chi connectivity index (χ0v) is 17.8. The van der Waals surface area contributed by atoms with Crippen molar-refractivity contribution in [3.05, 3.63) is 89.0 Å². The third-order valence-electron chi connectivity index (χ3n) is 5.42. The average Bonchev–Trinajstić information content (AvgIpc) is 2.64. The van der Waals surface area contributed by atoms with Crippen molar-refractivity contribution in [2.75, 3.05) is 0 Å². The summed E-state index contributed by atoms with van der Waals surface area (Å²) in [5, 5.41) is 0. The van der Waals surface area contributed by atoms with Crippen LogP contribution in [-0.2, 0) is 6.42 Å². The second-order valence-electron chi connectivity index (χ2n) is 7.83. The van der Waals surface area contributed by atoms with Crippen LogP contribution in [0.5, 0.6) is 0 Å². The van der Waals surface area contributed by atoms with Gasteiger partial charge in [-0.2, -0.15) is 0 Å². The van der Waals surface area contributed by atoms with Crippen LogP contribution in [0.2, 0.25) is 0 Å². The highest BCUT2D eigenvalue weighted by molar-refractivity contribution is 5.51. The minimum absolute atomic E-state index is 0.111. The summed E-state index contributed by atoms with van der Waals surface area (Å²) in [5.74, 6) is -0.120. The molecule has 27 heavy (non-hydrogen) atoms. The first-order valence-electron chi connectivity index (χ1n) is 9.85. The van der Waals surface area contributed by atoms with Crippen molar-refractivity contribution in [1.82, 2.24) is 0 Å². The van der Waals surface area contributed by atoms with Crippen LogP contribution in [0.3, 0.4) is 0 Å². The normalized spacial score (nSPS) is 14.0. The molecule has 0 N–H and O–H groups in total. The predicted molar refractivity (Wildman–Crippen MR) is 117 cm³/mol. The summed E-state index contributed by atoms with van der Waals surface area (Å²) in [7, 11) is 0. The predicted octanol–water partition coefficient (Wildman–Crippen LogP) is 8.05. The molecule has 0 saturated heterocycles. The van der Waals surface area contributed by atoms with Crippen LogP contribution < -0.4 is 0 Å². The molecule has 0 amide bonds. The molecule has 1 atom stereocenters. The zero-order chi connectivity index (χ0) is 20.6. The average molecular weight is 367 g/mol. The Labute approximate surface area is 165 Å². The van der Waals surface area contributed by atoms with E-state index in [-0.39, 0.29) is 11.2 Å². The van der Waals surface area contributed by atoms with Crippen LogP contribution in [0.15, 0.2) is 72.0 Å². The van der Waals surface area contributed by atoms with Gasteiger partial charge in [0.05, 0.1) is 0 Å². The van der Waals surface area contributed by atoms with Crippen LogP contribution in [0.25, 0.3) is 0 Å². The van der Waals surface area contributed by atoms with Gasteiger partial charge in [0.1, 0.15) is 5.82 Å². The van der Waals surface area contributed by atoms with Crippen molar-refractivity contribution in [3.8, 4) is 0 Å². The van der Waals surface area contributed by atoms with E-state index in [1.807, 2.05) is 39.0 Å². The molecule has 0 radical (unpaired) electrons. The highest BCUT2D eigenvalue weighted by atomic mass is 19.1. The van der Waals surface area contributed by atoms with Gasteiger partial charge in [0.2, 0.25) is 0 Å². The van der Waals surface area contributed by atoms with Gasteiger partial charge in [0.15, 0.2) is 0 Å². The molecule has 1 aromatic carbocycles. The summed E-state index contributed by atoms with van der Waals surface area (Å²) < 4.78 is 14.3. The monoisotopic (exact) mass is 366 g/mol. The molecule has 146 valence electrons. The third kappa shape index (κ3) is 5.94. The summed E-state index contributed by atoms with van der Waals surface area (Å²) in [4.78, 5) is 0. The van der Waals surface area contributed by atoms with Gasteiger partial charge in [-0.25, -0.2) is 4.39 Å². The van der Waals surface area contributed by atoms with E-state index in [1.54, 1.807) is 6.07 Å². The first-order chi connectivity index (χ1) is 12.7. The van der Waals surface area contributed by atoms with E-state index in [0.717, 1.165) is 53.5 Å². The Balaban J connectivity index is 3.42. The molecule has 0 nitrogen and oxygen atoms in total. The van der Waals surface area contributed by atoms with E-state index in [1.165, 1.54) is 5.57 Å². The van der Waals surface area contributed by atoms with E-state index in [4.69, 9.17) is 0 Å². The molecule has 0 fully saturated rings. The molecule has 1 heteroatoms. The number of hydrogen-bond donors (Lipinski definition) is 0. The number of aryl methyl sites for hydroxylation is 2. The number of hydrogen-bond acceptors (Lipinski definition) is 0. The number of unbranched alkanes of at least 4 members (excludes halogenated alkanes) is 1. The van der Waals surface area contributed by atoms with Crippen molar-refractivity contribution < 1.29 is 4.39 Å². The van der Waals surface area contributed by atoms with Gasteiger partial charge in [-0.05, 0) is 79.4 Å². The van der Waals surface area contributed by atoms with E-state index in [0.29, 0.717) is 6.42 Å². The van der Waals surface area contributed by atoms with Crippen molar-refractivity contribution in [1.29, 1.82) is 0 Å². The van der Waals surface area contributed by atoms with Crippen molar-refractivity contribution in [2.24, 2.45) is 5.41 Å². The Bertz CT molecular complexity index is 771. The molecule has 1 unspecified atom stereocenters. The smallest absolute Gasteiger partial charge is 0.126 e. The maximum absolute atomic E-state index is 14.3. The summed E-state index contributed by atoms with van der Waals surface area (Å²) in [6.07, 6.45) is 6.77. The van der Waals surface area contributed by atoms with Gasteiger partial charge in [-0.3, -0.25) is 0 Å². The van der Waals surface area contributed by atoms with Gasteiger partial charge >= 0.3 is 0 Å². The first-order valence-corrected chi connectivity index (χ1v) is 9.85. The highest BCUT2D eigenvalue weighted by Gasteiger charge is 2.30. The topological polar surface area (TPSA) is 0 Å². The van der Waals surface area contributed by atoms with Gasteiger partial charge in [-0.1, -0.05) is 70.2 Å². The Morgan fingerprint density at radius 1 is 1.26 bits per heavy atom. The Morgan fingerprint density at radius 2 is 1.93 bits per heavy atom. The van der Waals surface area contributed by atoms with E-state index < -0.39 is 0 Å². The largest absolute Gasteiger partial charge is 0.207 e. The molecule has 0 heterocycles. The van der Waals surface area contributed by atoms with Crippen LogP contribution in [0.1, 0.15) is 64.5 Å². The quantitative estimate of drug-likeness (QED) is 0.290. The number of halogens is 1. The lowest BCUT2D eigenvalue weighted by Gasteiger charge is -2.34. The molecule has 0 aliphatic heterocycles. The molecule has 0 aliphatic rings. The lowest BCUT2D eigenvalue weighted by molar-refractivity contribution is 0.328. The molecular weight excluding hydrogens is 331 g/mol. The molecular formula is C26H35F.